The van der Waals surface area contributed by atoms with Crippen LogP contribution < -0.4 is 5.32 Å². The largest absolute Gasteiger partial charge is 0.479 e. The van der Waals surface area contributed by atoms with Crippen molar-refractivity contribution in [2.45, 2.75) is 31.3 Å². The Labute approximate surface area is 204 Å². The highest BCUT2D eigenvalue weighted by Crippen LogP contribution is 2.44. The molecular formula is C27H30N2O6. The summed E-state index contributed by atoms with van der Waals surface area (Å²) >= 11 is 0. The minimum atomic E-state index is -1.27. The number of hydrogen-bond acceptors (Lipinski definition) is 5. The summed E-state index contributed by atoms with van der Waals surface area (Å²) < 4.78 is 11.1. The zero-order valence-corrected chi connectivity index (χ0v) is 19.7. The van der Waals surface area contributed by atoms with Crippen LogP contribution in [0.25, 0.3) is 11.1 Å². The zero-order valence-electron chi connectivity index (χ0n) is 19.7. The monoisotopic (exact) mass is 478 g/mol. The number of rotatable bonds is 7. The molecule has 2 aromatic rings. The smallest absolute Gasteiger partial charge is 0.407 e. The first-order chi connectivity index (χ1) is 16.9. The van der Waals surface area contributed by atoms with E-state index in [0.29, 0.717) is 32.5 Å². The molecule has 0 radical (unpaired) electrons. The number of fused-ring (bicyclic) bond motifs is 4. The summed E-state index contributed by atoms with van der Waals surface area (Å²) in [6.45, 7) is 3.22. The van der Waals surface area contributed by atoms with Crippen LogP contribution in [-0.2, 0) is 19.1 Å². The highest BCUT2D eigenvalue weighted by atomic mass is 16.5. The van der Waals surface area contributed by atoms with Crippen LogP contribution in [0.2, 0.25) is 0 Å². The van der Waals surface area contributed by atoms with Crippen molar-refractivity contribution in [2.75, 3.05) is 32.8 Å². The average Bonchev–Trinajstić information content (AvgIpc) is 3.52. The molecule has 2 amide bonds. The number of carbonyl (C=O) groups excluding carboxylic acids is 2. The van der Waals surface area contributed by atoms with Gasteiger partial charge in [-0.3, -0.25) is 4.79 Å². The third kappa shape index (κ3) is 4.16. The number of ether oxygens (including phenoxy) is 2. The molecule has 0 aromatic heterocycles. The van der Waals surface area contributed by atoms with Gasteiger partial charge in [-0.05, 0) is 35.1 Å². The van der Waals surface area contributed by atoms with Gasteiger partial charge in [0, 0.05) is 37.5 Å². The number of amides is 2. The van der Waals surface area contributed by atoms with Gasteiger partial charge in [0.05, 0.1) is 6.54 Å². The molecule has 5 rings (SSSR count). The van der Waals surface area contributed by atoms with E-state index >= 15 is 0 Å². The number of carboxylic acid groups (broad SMARTS) is 1. The highest BCUT2D eigenvalue weighted by molar-refractivity contribution is 5.84. The van der Waals surface area contributed by atoms with Crippen molar-refractivity contribution in [3.63, 3.8) is 0 Å². The number of alkyl carbamates (subject to hydrolysis) is 1. The van der Waals surface area contributed by atoms with Gasteiger partial charge in [-0.2, -0.15) is 0 Å². The van der Waals surface area contributed by atoms with Crippen LogP contribution in [0.1, 0.15) is 36.8 Å². The van der Waals surface area contributed by atoms with Crippen molar-refractivity contribution in [3.8, 4) is 11.1 Å². The first-order valence-corrected chi connectivity index (χ1v) is 12.2. The van der Waals surface area contributed by atoms with Gasteiger partial charge in [0.25, 0.3) is 0 Å². The summed E-state index contributed by atoms with van der Waals surface area (Å²) in [5.74, 6) is -1.64. The van der Waals surface area contributed by atoms with Crippen LogP contribution in [-0.4, -0.2) is 66.4 Å². The summed E-state index contributed by atoms with van der Waals surface area (Å²) in [6, 6.07) is 16.3. The molecule has 8 nitrogen and oxygen atoms in total. The topological polar surface area (TPSA) is 105 Å². The zero-order chi connectivity index (χ0) is 24.6. The molecule has 3 aliphatic rings. The molecule has 184 valence electrons. The predicted molar refractivity (Wildman–Crippen MR) is 128 cm³/mol. The molecule has 0 bridgehead atoms. The fourth-order valence-corrected chi connectivity index (χ4v) is 5.71. The molecule has 2 fully saturated rings. The molecule has 3 unspecified atom stereocenters. The molecule has 8 heteroatoms. The molecule has 35 heavy (non-hydrogen) atoms. The van der Waals surface area contributed by atoms with Gasteiger partial charge in [-0.15, -0.1) is 0 Å². The Morgan fingerprint density at radius 3 is 2.43 bits per heavy atom. The predicted octanol–water partition coefficient (Wildman–Crippen LogP) is 3.25. The van der Waals surface area contributed by atoms with Crippen LogP contribution >= 0.6 is 0 Å². The van der Waals surface area contributed by atoms with Crippen LogP contribution in [0.5, 0.6) is 0 Å². The van der Waals surface area contributed by atoms with E-state index in [9.17, 15) is 19.5 Å². The summed E-state index contributed by atoms with van der Waals surface area (Å²) in [4.78, 5) is 38.6. The normalized spacial score (nSPS) is 23.3. The molecule has 2 saturated heterocycles. The van der Waals surface area contributed by atoms with Gasteiger partial charge >= 0.3 is 12.1 Å². The molecule has 2 aliphatic heterocycles. The lowest BCUT2D eigenvalue weighted by molar-refractivity contribution is -0.161. The maximum absolute atomic E-state index is 12.9. The summed E-state index contributed by atoms with van der Waals surface area (Å²) in [5, 5.41) is 12.4. The Bertz CT molecular complexity index is 1100. The first-order valence-electron chi connectivity index (χ1n) is 12.2. The molecule has 2 heterocycles. The number of likely N-dealkylation sites (tertiary alicyclic amines) is 1. The molecule has 1 aliphatic carbocycles. The van der Waals surface area contributed by atoms with E-state index in [1.54, 1.807) is 11.8 Å². The fourth-order valence-electron chi connectivity index (χ4n) is 5.71. The maximum atomic E-state index is 12.9. The first kappa shape index (κ1) is 23.4. The highest BCUT2D eigenvalue weighted by Gasteiger charge is 2.57. The number of hydrogen-bond donors (Lipinski definition) is 2. The van der Waals surface area contributed by atoms with Crippen molar-refractivity contribution in [2.24, 2.45) is 11.8 Å². The van der Waals surface area contributed by atoms with Crippen molar-refractivity contribution in [1.82, 2.24) is 10.2 Å². The van der Waals surface area contributed by atoms with Crippen molar-refractivity contribution in [1.29, 1.82) is 0 Å². The van der Waals surface area contributed by atoms with E-state index in [-0.39, 0.29) is 36.8 Å². The fraction of sp³-hybridized carbons (Fsp3) is 0.444. The number of carboxylic acids is 1. The number of benzene rings is 2. The van der Waals surface area contributed by atoms with Crippen molar-refractivity contribution >= 4 is 18.0 Å². The number of carbonyl (C=O) groups is 3. The lowest BCUT2D eigenvalue weighted by Crippen LogP contribution is -2.46. The average molecular weight is 479 g/mol. The minimum Gasteiger partial charge on any atom is -0.479 e. The van der Waals surface area contributed by atoms with Gasteiger partial charge in [-0.1, -0.05) is 55.5 Å². The Hall–Kier alpha value is -3.39. The molecule has 3 atom stereocenters. The number of nitrogens with zero attached hydrogens (tertiary/aromatic N) is 1. The van der Waals surface area contributed by atoms with Crippen molar-refractivity contribution < 1.29 is 29.0 Å². The van der Waals surface area contributed by atoms with E-state index in [0.717, 1.165) is 11.1 Å². The lowest BCUT2D eigenvalue weighted by atomic mass is 9.91. The molecular weight excluding hydrogens is 448 g/mol. The van der Waals surface area contributed by atoms with Gasteiger partial charge in [0.2, 0.25) is 5.91 Å². The molecule has 2 aromatic carbocycles. The number of nitrogens with one attached hydrogen (secondary N) is 1. The third-order valence-corrected chi connectivity index (χ3v) is 7.64. The Morgan fingerprint density at radius 1 is 1.14 bits per heavy atom. The Kier molecular flexibility index (Phi) is 6.23. The quantitative estimate of drug-likeness (QED) is 0.633. The van der Waals surface area contributed by atoms with Gasteiger partial charge < -0.3 is 24.8 Å². The second-order valence-corrected chi connectivity index (χ2v) is 9.69. The van der Waals surface area contributed by atoms with Gasteiger partial charge in [0.15, 0.2) is 5.60 Å². The van der Waals surface area contributed by atoms with Crippen LogP contribution in [0.4, 0.5) is 4.79 Å². The Morgan fingerprint density at radius 2 is 1.80 bits per heavy atom. The minimum absolute atomic E-state index is 0.00737. The van der Waals surface area contributed by atoms with E-state index in [1.807, 2.05) is 24.3 Å². The second-order valence-electron chi connectivity index (χ2n) is 9.69. The van der Waals surface area contributed by atoms with Crippen LogP contribution in [0, 0.1) is 11.8 Å². The third-order valence-electron chi connectivity index (χ3n) is 7.64. The van der Waals surface area contributed by atoms with E-state index in [1.165, 1.54) is 11.1 Å². The van der Waals surface area contributed by atoms with Crippen molar-refractivity contribution in [3.05, 3.63) is 59.7 Å². The molecule has 2 N–H and O–H groups in total. The van der Waals surface area contributed by atoms with E-state index in [2.05, 4.69) is 29.6 Å². The SMILES string of the molecule is CC(CCNC(=O)OCC1c2ccccc2-c2ccccc21)C(=O)N1CC2CCOC2(C(=O)O)C1. The lowest BCUT2D eigenvalue weighted by Gasteiger charge is -2.24. The maximum Gasteiger partial charge on any atom is 0.407 e. The summed E-state index contributed by atoms with van der Waals surface area (Å²) in [5.41, 5.74) is 3.38. The molecule has 0 saturated carbocycles. The van der Waals surface area contributed by atoms with Gasteiger partial charge in [0.1, 0.15) is 6.61 Å². The van der Waals surface area contributed by atoms with E-state index < -0.39 is 17.7 Å². The van der Waals surface area contributed by atoms with Crippen LogP contribution in [0.3, 0.4) is 0 Å². The standard InChI is InChI=1S/C27H30N2O6/c1-17(24(30)29-14-18-11-13-35-27(18,16-29)25(31)32)10-12-28-26(33)34-15-23-21-8-4-2-6-19(21)20-7-3-5-9-22(20)23/h2-9,17-18,23H,10-16H2,1H3,(H,28,33)(H,31,32). The van der Waals surface area contributed by atoms with E-state index in [4.69, 9.17) is 9.47 Å². The molecule has 0 spiro atoms. The van der Waals surface area contributed by atoms with Crippen LogP contribution in [0.15, 0.2) is 48.5 Å². The summed E-state index contributed by atoms with van der Waals surface area (Å²) in [6.07, 6.45) is 0.569. The van der Waals surface area contributed by atoms with Gasteiger partial charge in [-0.25, -0.2) is 9.59 Å². The second kappa shape index (κ2) is 9.34. The Balaban J connectivity index is 1.10. The number of aliphatic carboxylic acids is 1. The summed E-state index contributed by atoms with van der Waals surface area (Å²) in [7, 11) is 0.